The number of anilines is 1. The molecule has 1 amide bonds. The van der Waals surface area contributed by atoms with Crippen LogP contribution in [-0.2, 0) is 16.8 Å². The van der Waals surface area contributed by atoms with Crippen molar-refractivity contribution in [3.8, 4) is 11.1 Å². The largest absolute Gasteiger partial charge is 0.300 e. The third-order valence-corrected chi connectivity index (χ3v) is 5.83. The van der Waals surface area contributed by atoms with Gasteiger partial charge in [0.2, 0.25) is 0 Å². The topological polar surface area (TPSA) is 37.4 Å². The summed E-state index contributed by atoms with van der Waals surface area (Å²) >= 11 is 3.43. The number of carbonyl (C=O) groups excluding carboxylic acids is 2. The summed E-state index contributed by atoms with van der Waals surface area (Å²) < 4.78 is 0.977. The van der Waals surface area contributed by atoms with Crippen LogP contribution in [0.4, 0.5) is 5.69 Å². The number of amides is 1. The Labute approximate surface area is 179 Å². The molecule has 4 heteroatoms. The van der Waals surface area contributed by atoms with Crippen molar-refractivity contribution in [2.24, 2.45) is 0 Å². The number of halogens is 1. The maximum absolute atomic E-state index is 12.8. The van der Waals surface area contributed by atoms with Crippen LogP contribution in [0.5, 0.6) is 0 Å². The first-order chi connectivity index (χ1) is 13.8. The predicted octanol–water partition coefficient (Wildman–Crippen LogP) is 6.14. The van der Waals surface area contributed by atoms with Gasteiger partial charge in [-0.1, -0.05) is 85.2 Å². The summed E-state index contributed by atoms with van der Waals surface area (Å²) in [6.45, 7) is 6.90. The first-order valence-electron chi connectivity index (χ1n) is 9.60. The van der Waals surface area contributed by atoms with E-state index in [0.717, 1.165) is 21.2 Å². The van der Waals surface area contributed by atoms with Crippen LogP contribution in [0.2, 0.25) is 0 Å². The van der Waals surface area contributed by atoms with Gasteiger partial charge in [0.1, 0.15) is 0 Å². The minimum Gasteiger partial charge on any atom is -0.300 e. The molecule has 0 bridgehead atoms. The van der Waals surface area contributed by atoms with Gasteiger partial charge in [-0.3, -0.25) is 14.5 Å². The van der Waals surface area contributed by atoms with Gasteiger partial charge >= 0.3 is 0 Å². The summed E-state index contributed by atoms with van der Waals surface area (Å²) in [4.78, 5) is 27.0. The summed E-state index contributed by atoms with van der Waals surface area (Å²) in [7, 11) is 0. The Morgan fingerprint density at radius 3 is 2.07 bits per heavy atom. The van der Waals surface area contributed by atoms with Gasteiger partial charge in [0, 0.05) is 10.0 Å². The van der Waals surface area contributed by atoms with E-state index < -0.39 is 11.7 Å². The lowest BCUT2D eigenvalue weighted by Crippen LogP contribution is -2.29. The van der Waals surface area contributed by atoms with Crippen LogP contribution >= 0.6 is 15.9 Å². The molecule has 146 valence electrons. The van der Waals surface area contributed by atoms with E-state index in [9.17, 15) is 9.59 Å². The molecule has 0 spiro atoms. The Balaban J connectivity index is 1.78. The summed E-state index contributed by atoms with van der Waals surface area (Å²) in [5.74, 6) is -0.910. The second kappa shape index (κ2) is 7.27. The average Bonchev–Trinajstić information content (AvgIpc) is 2.94. The quantitative estimate of drug-likeness (QED) is 0.451. The minimum atomic E-state index is -0.471. The molecule has 1 heterocycles. The highest BCUT2D eigenvalue weighted by atomic mass is 79.9. The van der Waals surface area contributed by atoms with E-state index in [1.807, 2.05) is 36.4 Å². The molecule has 3 aromatic carbocycles. The zero-order chi connectivity index (χ0) is 20.8. The molecule has 0 aromatic heterocycles. The van der Waals surface area contributed by atoms with Crippen LogP contribution in [0.15, 0.2) is 71.2 Å². The molecule has 0 saturated carbocycles. The number of carbonyl (C=O) groups is 2. The number of rotatable bonds is 3. The van der Waals surface area contributed by atoms with Gasteiger partial charge in [0.15, 0.2) is 0 Å². The molecule has 0 aliphatic carbocycles. The normalized spacial score (nSPS) is 13.7. The van der Waals surface area contributed by atoms with Gasteiger partial charge in [-0.05, 0) is 40.3 Å². The highest BCUT2D eigenvalue weighted by Gasteiger charge is 2.37. The van der Waals surface area contributed by atoms with Crippen LogP contribution in [0.25, 0.3) is 11.1 Å². The smallest absolute Gasteiger partial charge is 0.299 e. The Bertz CT molecular complexity index is 1090. The molecule has 4 rings (SSSR count). The van der Waals surface area contributed by atoms with Gasteiger partial charge in [-0.25, -0.2) is 0 Å². The van der Waals surface area contributed by atoms with Gasteiger partial charge in [0.05, 0.1) is 17.8 Å². The average molecular weight is 448 g/mol. The van der Waals surface area contributed by atoms with Crippen LogP contribution in [0.1, 0.15) is 42.3 Å². The third-order valence-electron chi connectivity index (χ3n) is 5.31. The van der Waals surface area contributed by atoms with Gasteiger partial charge in [-0.15, -0.1) is 0 Å². The van der Waals surface area contributed by atoms with Crippen molar-refractivity contribution in [3.05, 3.63) is 87.9 Å². The van der Waals surface area contributed by atoms with Crippen molar-refractivity contribution in [1.82, 2.24) is 0 Å². The summed E-state index contributed by atoms with van der Waals surface area (Å²) in [6, 6.07) is 21.7. The number of ketones is 1. The zero-order valence-corrected chi connectivity index (χ0v) is 18.3. The van der Waals surface area contributed by atoms with E-state index in [-0.39, 0.29) is 5.41 Å². The molecule has 0 N–H and O–H groups in total. The van der Waals surface area contributed by atoms with E-state index in [1.54, 1.807) is 11.0 Å². The van der Waals surface area contributed by atoms with Crippen molar-refractivity contribution < 1.29 is 9.59 Å². The number of Topliss-reactive ketones (excluding diaryl/α,β-unsaturated/α-hetero) is 1. The van der Waals surface area contributed by atoms with Gasteiger partial charge < -0.3 is 0 Å². The SMILES string of the molecule is CC(C)(C)c1ccc(-c2cccc3c2N(Cc2ccc(Br)cc2)C(=O)C3=O)cc1. The van der Waals surface area contributed by atoms with Gasteiger partial charge in [-0.2, -0.15) is 0 Å². The first-order valence-corrected chi connectivity index (χ1v) is 10.4. The highest BCUT2D eigenvalue weighted by molar-refractivity contribution is 9.10. The minimum absolute atomic E-state index is 0.0662. The zero-order valence-electron chi connectivity index (χ0n) is 16.7. The van der Waals surface area contributed by atoms with Crippen molar-refractivity contribution in [3.63, 3.8) is 0 Å². The molecule has 1 aliphatic heterocycles. The lowest BCUT2D eigenvalue weighted by atomic mass is 9.86. The first kappa shape index (κ1) is 19.6. The molecule has 0 unspecified atom stereocenters. The number of hydrogen-bond acceptors (Lipinski definition) is 2. The van der Waals surface area contributed by atoms with Crippen molar-refractivity contribution in [2.75, 3.05) is 4.90 Å². The molecule has 0 fully saturated rings. The summed E-state index contributed by atoms with van der Waals surface area (Å²) in [5, 5.41) is 0. The summed E-state index contributed by atoms with van der Waals surface area (Å²) in [5.41, 5.74) is 5.36. The Morgan fingerprint density at radius 2 is 1.45 bits per heavy atom. The van der Waals surface area contributed by atoms with Crippen molar-refractivity contribution in [1.29, 1.82) is 0 Å². The van der Waals surface area contributed by atoms with E-state index in [0.29, 0.717) is 17.8 Å². The second-order valence-electron chi connectivity index (χ2n) is 8.38. The molecule has 29 heavy (non-hydrogen) atoms. The maximum atomic E-state index is 12.8. The number of fused-ring (bicyclic) bond motifs is 1. The monoisotopic (exact) mass is 447 g/mol. The standard InChI is InChI=1S/C25H22BrNO2/c1-25(2,3)18-11-9-17(10-12-18)20-5-4-6-21-22(20)27(24(29)23(21)28)15-16-7-13-19(26)14-8-16/h4-14H,15H2,1-3H3. The Hall–Kier alpha value is -2.72. The fraction of sp³-hybridized carbons (Fsp3) is 0.200. The maximum Gasteiger partial charge on any atom is 0.299 e. The van der Waals surface area contributed by atoms with E-state index in [4.69, 9.17) is 0 Å². The number of para-hydroxylation sites is 1. The fourth-order valence-electron chi connectivity index (χ4n) is 3.66. The fourth-order valence-corrected chi connectivity index (χ4v) is 3.93. The molecule has 0 atom stereocenters. The predicted molar refractivity (Wildman–Crippen MR) is 120 cm³/mol. The van der Waals surface area contributed by atoms with Crippen LogP contribution in [0, 0.1) is 0 Å². The van der Waals surface area contributed by atoms with Crippen LogP contribution in [-0.4, -0.2) is 11.7 Å². The number of benzene rings is 3. The van der Waals surface area contributed by atoms with E-state index in [1.165, 1.54) is 5.56 Å². The van der Waals surface area contributed by atoms with E-state index in [2.05, 4.69) is 61.0 Å². The van der Waals surface area contributed by atoms with E-state index >= 15 is 0 Å². The third kappa shape index (κ3) is 3.65. The lowest BCUT2D eigenvalue weighted by molar-refractivity contribution is -0.114. The van der Waals surface area contributed by atoms with Gasteiger partial charge in [0.25, 0.3) is 11.7 Å². The second-order valence-corrected chi connectivity index (χ2v) is 9.29. The molecule has 3 aromatic rings. The molecule has 0 saturated heterocycles. The lowest BCUT2D eigenvalue weighted by Gasteiger charge is -2.22. The summed E-state index contributed by atoms with van der Waals surface area (Å²) in [6.07, 6.45) is 0. The Kier molecular flexibility index (Phi) is 4.91. The number of nitrogens with zero attached hydrogens (tertiary/aromatic N) is 1. The molecule has 1 aliphatic rings. The molecule has 3 nitrogen and oxygen atoms in total. The van der Waals surface area contributed by atoms with Crippen molar-refractivity contribution in [2.45, 2.75) is 32.7 Å². The van der Waals surface area contributed by atoms with Crippen molar-refractivity contribution >= 4 is 33.3 Å². The van der Waals surface area contributed by atoms with Crippen LogP contribution < -0.4 is 4.90 Å². The molecular formula is C25H22BrNO2. The molecule has 0 radical (unpaired) electrons. The molecular weight excluding hydrogens is 426 g/mol. The van der Waals surface area contributed by atoms with Crippen LogP contribution in [0.3, 0.4) is 0 Å². The number of hydrogen-bond donors (Lipinski definition) is 0. The Morgan fingerprint density at radius 1 is 0.828 bits per heavy atom. The highest BCUT2D eigenvalue weighted by Crippen LogP contribution is 2.40.